The van der Waals surface area contributed by atoms with E-state index in [0.717, 1.165) is 10.8 Å². The van der Waals surface area contributed by atoms with Crippen LogP contribution in [0.2, 0.25) is 5.02 Å². The van der Waals surface area contributed by atoms with Gasteiger partial charge in [-0.15, -0.1) is 0 Å². The van der Waals surface area contributed by atoms with Crippen LogP contribution in [-0.4, -0.2) is 9.55 Å². The van der Waals surface area contributed by atoms with Gasteiger partial charge in [0.25, 0.3) is 0 Å². The Labute approximate surface area is 119 Å². The molecule has 0 saturated heterocycles. The second-order valence-corrected chi connectivity index (χ2v) is 6.12. The lowest BCUT2D eigenvalue weighted by Gasteiger charge is -2.24. The average molecular weight is 275 g/mol. The van der Waals surface area contributed by atoms with Crippen LogP contribution in [0.1, 0.15) is 32.2 Å². The number of rotatable bonds is 2. The predicted octanol–water partition coefficient (Wildman–Crippen LogP) is 4.89. The van der Waals surface area contributed by atoms with Crippen LogP contribution in [0.5, 0.6) is 0 Å². The first-order valence-corrected chi connectivity index (χ1v) is 6.73. The summed E-state index contributed by atoms with van der Waals surface area (Å²) >= 11 is 5.96. The highest BCUT2D eigenvalue weighted by Gasteiger charge is 2.19. The molecule has 2 nitrogen and oxygen atoms in total. The lowest BCUT2D eigenvalue weighted by molar-refractivity contribution is 0.567. The van der Waals surface area contributed by atoms with Gasteiger partial charge in [0, 0.05) is 23.6 Å². The molecule has 1 heterocycles. The van der Waals surface area contributed by atoms with Crippen LogP contribution in [-0.2, 0) is 0 Å². The van der Waals surface area contributed by atoms with Gasteiger partial charge >= 0.3 is 0 Å². The fraction of sp³-hybridized carbons (Fsp3) is 0.312. The van der Waals surface area contributed by atoms with E-state index in [0.29, 0.717) is 0 Å². The van der Waals surface area contributed by atoms with Crippen molar-refractivity contribution in [2.75, 3.05) is 0 Å². The molecule has 2 rings (SSSR count). The minimum atomic E-state index is 0.0462. The van der Waals surface area contributed by atoms with Crippen molar-refractivity contribution < 1.29 is 0 Å². The Morgan fingerprint density at radius 3 is 2.32 bits per heavy atom. The van der Waals surface area contributed by atoms with E-state index in [1.54, 1.807) is 0 Å². The van der Waals surface area contributed by atoms with Crippen molar-refractivity contribution in [3.05, 3.63) is 53.1 Å². The smallest absolute Gasteiger partial charge is 0.109 e. The molecule has 3 heteroatoms. The van der Waals surface area contributed by atoms with Gasteiger partial charge in [0.05, 0.1) is 0 Å². The molecule has 0 unspecified atom stereocenters. The summed E-state index contributed by atoms with van der Waals surface area (Å²) in [7, 11) is 0. The molecule has 0 spiro atoms. The predicted molar refractivity (Wildman–Crippen MR) is 82.0 cm³/mol. The summed E-state index contributed by atoms with van der Waals surface area (Å²) < 4.78 is 2.05. The topological polar surface area (TPSA) is 17.8 Å². The van der Waals surface area contributed by atoms with E-state index in [2.05, 4.69) is 48.7 Å². The van der Waals surface area contributed by atoms with E-state index in [-0.39, 0.29) is 5.41 Å². The Hall–Kier alpha value is -1.54. The summed E-state index contributed by atoms with van der Waals surface area (Å²) in [6, 6.07) is 7.98. The van der Waals surface area contributed by atoms with Gasteiger partial charge in [-0.1, -0.05) is 44.5 Å². The van der Waals surface area contributed by atoms with Crippen LogP contribution >= 0.6 is 11.6 Å². The standard InChI is InChI=1S/C16H19ClN2/c1-12-18-9-10-19(12)11-15(16(2,3)4)13-5-7-14(17)8-6-13/h5-11H,1-4H3. The molecule has 1 aromatic carbocycles. The number of aryl methyl sites for hydroxylation is 1. The van der Waals surface area contributed by atoms with E-state index in [9.17, 15) is 0 Å². The molecule has 0 saturated carbocycles. The van der Waals surface area contributed by atoms with Crippen molar-refractivity contribution in [3.8, 4) is 0 Å². The fourth-order valence-electron chi connectivity index (χ4n) is 1.99. The number of imidazole rings is 1. The third-order valence-electron chi connectivity index (χ3n) is 3.09. The second kappa shape index (κ2) is 5.22. The lowest BCUT2D eigenvalue weighted by Crippen LogP contribution is -2.09. The maximum absolute atomic E-state index is 5.96. The monoisotopic (exact) mass is 274 g/mol. The highest BCUT2D eigenvalue weighted by atomic mass is 35.5. The molecule has 0 N–H and O–H groups in total. The van der Waals surface area contributed by atoms with Crippen LogP contribution in [0.4, 0.5) is 0 Å². The second-order valence-electron chi connectivity index (χ2n) is 5.68. The first-order chi connectivity index (χ1) is 8.88. The van der Waals surface area contributed by atoms with Crippen LogP contribution in [0.25, 0.3) is 11.8 Å². The summed E-state index contributed by atoms with van der Waals surface area (Å²) in [6.45, 7) is 8.62. The molecule has 100 valence electrons. The lowest BCUT2D eigenvalue weighted by atomic mass is 9.82. The number of halogens is 1. The van der Waals surface area contributed by atoms with E-state index >= 15 is 0 Å². The van der Waals surface area contributed by atoms with Crippen LogP contribution < -0.4 is 0 Å². The largest absolute Gasteiger partial charge is 0.310 e. The summed E-state index contributed by atoms with van der Waals surface area (Å²) in [6.07, 6.45) is 5.93. The molecule has 1 aromatic heterocycles. The Kier molecular flexibility index (Phi) is 3.81. The summed E-state index contributed by atoms with van der Waals surface area (Å²) in [4.78, 5) is 4.26. The van der Waals surface area contributed by atoms with Crippen molar-refractivity contribution in [1.29, 1.82) is 0 Å². The summed E-state index contributed by atoms with van der Waals surface area (Å²) in [5.41, 5.74) is 2.49. The number of benzene rings is 1. The van der Waals surface area contributed by atoms with Crippen LogP contribution in [0, 0.1) is 12.3 Å². The van der Waals surface area contributed by atoms with Gasteiger partial charge in [-0.05, 0) is 35.6 Å². The molecule has 0 aliphatic carbocycles. The number of aromatic nitrogens is 2. The van der Waals surface area contributed by atoms with Crippen molar-refractivity contribution in [2.24, 2.45) is 5.41 Å². The maximum atomic E-state index is 5.96. The first-order valence-electron chi connectivity index (χ1n) is 6.35. The third-order valence-corrected chi connectivity index (χ3v) is 3.35. The van der Waals surface area contributed by atoms with Crippen molar-refractivity contribution in [2.45, 2.75) is 27.7 Å². The van der Waals surface area contributed by atoms with Crippen molar-refractivity contribution >= 4 is 23.4 Å². The minimum Gasteiger partial charge on any atom is -0.310 e. The zero-order valence-electron chi connectivity index (χ0n) is 11.8. The molecule has 0 atom stereocenters. The molecular weight excluding hydrogens is 256 g/mol. The Balaban J connectivity index is 2.51. The van der Waals surface area contributed by atoms with Gasteiger partial charge in [0.15, 0.2) is 0 Å². The zero-order chi connectivity index (χ0) is 14.0. The maximum Gasteiger partial charge on any atom is 0.109 e. The van der Waals surface area contributed by atoms with E-state index < -0.39 is 0 Å². The molecule has 0 aliphatic heterocycles. The molecule has 0 radical (unpaired) electrons. The van der Waals surface area contributed by atoms with Gasteiger partial charge < -0.3 is 4.57 Å². The SMILES string of the molecule is Cc1nccn1C=C(c1ccc(Cl)cc1)C(C)(C)C. The quantitative estimate of drug-likeness (QED) is 0.762. The van der Waals surface area contributed by atoms with Crippen molar-refractivity contribution in [1.82, 2.24) is 9.55 Å². The van der Waals surface area contributed by atoms with E-state index in [1.807, 2.05) is 31.5 Å². The van der Waals surface area contributed by atoms with Gasteiger partial charge in [0.1, 0.15) is 5.82 Å². The first kappa shape index (κ1) is 13.9. The zero-order valence-corrected chi connectivity index (χ0v) is 12.6. The third kappa shape index (κ3) is 3.27. The van der Waals surface area contributed by atoms with Crippen molar-refractivity contribution in [3.63, 3.8) is 0 Å². The Bertz CT molecular complexity index is 586. The Morgan fingerprint density at radius 2 is 1.84 bits per heavy atom. The van der Waals surface area contributed by atoms with E-state index in [4.69, 9.17) is 11.6 Å². The van der Waals surface area contributed by atoms with E-state index in [1.165, 1.54) is 11.1 Å². The molecule has 0 aliphatic rings. The van der Waals surface area contributed by atoms with Gasteiger partial charge in [-0.2, -0.15) is 0 Å². The van der Waals surface area contributed by atoms with Gasteiger partial charge in [-0.25, -0.2) is 4.98 Å². The highest BCUT2D eigenvalue weighted by Crippen LogP contribution is 2.35. The van der Waals surface area contributed by atoms with Crippen LogP contribution in [0.3, 0.4) is 0 Å². The average Bonchev–Trinajstić information content (AvgIpc) is 2.72. The minimum absolute atomic E-state index is 0.0462. The summed E-state index contributed by atoms with van der Waals surface area (Å²) in [5.74, 6) is 0.982. The fourth-order valence-corrected chi connectivity index (χ4v) is 2.12. The molecule has 19 heavy (non-hydrogen) atoms. The summed E-state index contributed by atoms with van der Waals surface area (Å²) in [5, 5.41) is 0.760. The van der Waals surface area contributed by atoms with Gasteiger partial charge in [0.2, 0.25) is 0 Å². The normalized spacial score (nSPS) is 12.8. The van der Waals surface area contributed by atoms with Crippen LogP contribution in [0.15, 0.2) is 36.7 Å². The number of hydrogen-bond acceptors (Lipinski definition) is 1. The van der Waals surface area contributed by atoms with Gasteiger partial charge in [-0.3, -0.25) is 0 Å². The number of nitrogens with zero attached hydrogens (tertiary/aromatic N) is 2. The molecule has 0 amide bonds. The molecular formula is C16H19ClN2. The molecule has 2 aromatic rings. The number of allylic oxidation sites excluding steroid dienone is 1. The Morgan fingerprint density at radius 1 is 1.21 bits per heavy atom. The molecule has 0 bridgehead atoms. The highest BCUT2D eigenvalue weighted by molar-refractivity contribution is 6.30. The number of hydrogen-bond donors (Lipinski definition) is 0. The molecule has 0 fully saturated rings.